The number of aliphatic carboxylic acids is 1. The van der Waals surface area contributed by atoms with E-state index in [-0.39, 0.29) is 6.42 Å². The number of para-hydroxylation sites is 1. The molecule has 0 amide bonds. The Kier molecular flexibility index (Phi) is 2.95. The number of anilines is 1. The van der Waals surface area contributed by atoms with Crippen molar-refractivity contribution in [3.05, 3.63) is 30.5 Å². The molecule has 5 nitrogen and oxygen atoms in total. The van der Waals surface area contributed by atoms with E-state index in [4.69, 9.17) is 5.11 Å². The molecule has 2 aromatic rings. The number of carbonyl (C=O) groups is 1. The third-order valence-electron chi connectivity index (χ3n) is 2.11. The Labute approximate surface area is 92.2 Å². The number of aromatic nitrogens is 2. The Balaban J connectivity index is 2.10. The van der Waals surface area contributed by atoms with Crippen molar-refractivity contribution in [3.63, 3.8) is 0 Å². The lowest BCUT2D eigenvalue weighted by Crippen LogP contribution is -2.09. The first-order chi connectivity index (χ1) is 7.75. The van der Waals surface area contributed by atoms with Gasteiger partial charge in [-0.05, 0) is 6.07 Å². The van der Waals surface area contributed by atoms with E-state index in [1.165, 1.54) is 0 Å². The van der Waals surface area contributed by atoms with Gasteiger partial charge >= 0.3 is 5.97 Å². The van der Waals surface area contributed by atoms with Crippen molar-refractivity contribution in [1.29, 1.82) is 0 Å². The van der Waals surface area contributed by atoms with Crippen LogP contribution in [0.3, 0.4) is 0 Å². The van der Waals surface area contributed by atoms with Crippen molar-refractivity contribution < 1.29 is 9.90 Å². The summed E-state index contributed by atoms with van der Waals surface area (Å²) in [6.07, 6.45) is 1.77. The smallest absolute Gasteiger partial charge is 0.305 e. The fourth-order valence-electron chi connectivity index (χ4n) is 1.34. The van der Waals surface area contributed by atoms with Gasteiger partial charge in [0.1, 0.15) is 0 Å². The van der Waals surface area contributed by atoms with Crippen LogP contribution >= 0.6 is 0 Å². The molecule has 0 spiro atoms. The first-order valence-corrected chi connectivity index (χ1v) is 4.93. The van der Waals surface area contributed by atoms with Crippen molar-refractivity contribution >= 4 is 22.8 Å². The molecule has 0 aliphatic carbocycles. The zero-order valence-corrected chi connectivity index (χ0v) is 8.55. The van der Waals surface area contributed by atoms with Crippen LogP contribution in [0.4, 0.5) is 5.95 Å². The van der Waals surface area contributed by atoms with Gasteiger partial charge in [-0.2, -0.15) is 0 Å². The number of benzene rings is 1. The third kappa shape index (κ3) is 2.44. The average molecular weight is 217 g/mol. The van der Waals surface area contributed by atoms with Gasteiger partial charge in [0.25, 0.3) is 0 Å². The second-order valence-corrected chi connectivity index (χ2v) is 3.32. The number of rotatable bonds is 4. The Bertz CT molecular complexity index is 513. The molecule has 0 aliphatic heterocycles. The highest BCUT2D eigenvalue weighted by atomic mass is 16.4. The summed E-state index contributed by atoms with van der Waals surface area (Å²) in [5.74, 6) is -0.381. The standard InChI is InChI=1S/C11H11N3O2/c15-10(16)5-6-12-11-13-7-8-3-1-2-4-9(8)14-11/h1-4,7H,5-6H2,(H,15,16)(H,12,13,14). The summed E-state index contributed by atoms with van der Waals surface area (Å²) in [7, 11) is 0. The van der Waals surface area contributed by atoms with Gasteiger partial charge in [-0.25, -0.2) is 9.97 Å². The molecule has 1 aromatic heterocycles. The van der Waals surface area contributed by atoms with Crippen LogP contribution in [0.25, 0.3) is 10.9 Å². The first kappa shape index (κ1) is 10.4. The van der Waals surface area contributed by atoms with E-state index in [0.717, 1.165) is 10.9 Å². The second kappa shape index (κ2) is 4.57. The van der Waals surface area contributed by atoms with Crippen LogP contribution in [-0.4, -0.2) is 27.6 Å². The molecule has 0 aliphatic rings. The number of carboxylic acids is 1. The number of nitrogens with zero attached hydrogens (tertiary/aromatic N) is 2. The molecule has 0 saturated carbocycles. The van der Waals surface area contributed by atoms with Crippen LogP contribution in [0.1, 0.15) is 6.42 Å². The van der Waals surface area contributed by atoms with Crippen LogP contribution < -0.4 is 5.32 Å². The highest BCUT2D eigenvalue weighted by Crippen LogP contribution is 2.11. The van der Waals surface area contributed by atoms with E-state index in [0.29, 0.717) is 12.5 Å². The predicted octanol–water partition coefficient (Wildman–Crippen LogP) is 1.52. The number of hydrogen-bond donors (Lipinski definition) is 2. The summed E-state index contributed by atoms with van der Waals surface area (Å²) >= 11 is 0. The zero-order valence-electron chi connectivity index (χ0n) is 8.55. The lowest BCUT2D eigenvalue weighted by atomic mass is 10.2. The van der Waals surface area contributed by atoms with E-state index in [2.05, 4.69) is 15.3 Å². The lowest BCUT2D eigenvalue weighted by molar-refractivity contribution is -0.136. The van der Waals surface area contributed by atoms with Crippen molar-refractivity contribution in [2.75, 3.05) is 11.9 Å². The summed E-state index contributed by atoms with van der Waals surface area (Å²) in [6.45, 7) is 0.327. The molecule has 0 atom stereocenters. The van der Waals surface area contributed by atoms with E-state index < -0.39 is 5.97 Å². The Morgan fingerprint density at radius 1 is 1.38 bits per heavy atom. The Morgan fingerprint density at radius 2 is 2.19 bits per heavy atom. The second-order valence-electron chi connectivity index (χ2n) is 3.32. The van der Waals surface area contributed by atoms with Crippen LogP contribution in [0.2, 0.25) is 0 Å². The Morgan fingerprint density at radius 3 is 3.00 bits per heavy atom. The topological polar surface area (TPSA) is 75.1 Å². The quantitative estimate of drug-likeness (QED) is 0.812. The van der Waals surface area contributed by atoms with E-state index in [1.807, 2.05) is 24.3 Å². The minimum absolute atomic E-state index is 0.0518. The molecule has 1 aromatic carbocycles. The molecule has 0 bridgehead atoms. The molecule has 16 heavy (non-hydrogen) atoms. The maximum absolute atomic E-state index is 10.3. The minimum atomic E-state index is -0.840. The van der Waals surface area contributed by atoms with Crippen molar-refractivity contribution in [1.82, 2.24) is 9.97 Å². The number of fused-ring (bicyclic) bond motifs is 1. The molecule has 5 heteroatoms. The number of carboxylic acid groups (broad SMARTS) is 1. The summed E-state index contributed by atoms with van der Waals surface area (Å²) in [6, 6.07) is 7.63. The normalized spacial score (nSPS) is 10.2. The van der Waals surface area contributed by atoms with Crippen LogP contribution in [0.5, 0.6) is 0 Å². The van der Waals surface area contributed by atoms with Gasteiger partial charge in [0, 0.05) is 18.1 Å². The van der Waals surface area contributed by atoms with Gasteiger partial charge in [0.2, 0.25) is 5.95 Å². The molecule has 2 N–H and O–H groups in total. The first-order valence-electron chi connectivity index (χ1n) is 4.93. The molecule has 0 fully saturated rings. The summed E-state index contributed by atoms with van der Waals surface area (Å²) in [4.78, 5) is 18.7. The van der Waals surface area contributed by atoms with Crippen LogP contribution in [0, 0.1) is 0 Å². The molecular weight excluding hydrogens is 206 g/mol. The average Bonchev–Trinajstić information content (AvgIpc) is 2.28. The van der Waals surface area contributed by atoms with Gasteiger partial charge in [-0.15, -0.1) is 0 Å². The van der Waals surface area contributed by atoms with Gasteiger partial charge in [-0.3, -0.25) is 4.79 Å². The molecule has 82 valence electrons. The zero-order chi connectivity index (χ0) is 11.4. The van der Waals surface area contributed by atoms with E-state index >= 15 is 0 Å². The highest BCUT2D eigenvalue weighted by molar-refractivity contribution is 5.78. The SMILES string of the molecule is O=C(O)CCNc1ncc2ccccc2n1. The molecule has 0 unspecified atom stereocenters. The molecule has 1 heterocycles. The maximum Gasteiger partial charge on any atom is 0.305 e. The lowest BCUT2D eigenvalue weighted by Gasteiger charge is -2.03. The highest BCUT2D eigenvalue weighted by Gasteiger charge is 2.00. The molecule has 0 radical (unpaired) electrons. The van der Waals surface area contributed by atoms with Gasteiger partial charge in [-0.1, -0.05) is 18.2 Å². The van der Waals surface area contributed by atoms with Gasteiger partial charge in [0.05, 0.1) is 11.9 Å². The fraction of sp³-hybridized carbons (Fsp3) is 0.182. The van der Waals surface area contributed by atoms with Gasteiger partial charge in [0.15, 0.2) is 0 Å². The Hall–Kier alpha value is -2.17. The number of hydrogen-bond acceptors (Lipinski definition) is 4. The molecular formula is C11H11N3O2. The summed E-state index contributed by atoms with van der Waals surface area (Å²) in [5.41, 5.74) is 0.843. The monoisotopic (exact) mass is 217 g/mol. The van der Waals surface area contributed by atoms with E-state index in [9.17, 15) is 4.79 Å². The van der Waals surface area contributed by atoms with Crippen LogP contribution in [-0.2, 0) is 4.79 Å². The van der Waals surface area contributed by atoms with Crippen LogP contribution in [0.15, 0.2) is 30.5 Å². The predicted molar refractivity (Wildman–Crippen MR) is 60.3 cm³/mol. The molecule has 2 rings (SSSR count). The van der Waals surface area contributed by atoms with Crippen molar-refractivity contribution in [3.8, 4) is 0 Å². The maximum atomic E-state index is 10.3. The number of nitrogens with one attached hydrogen (secondary N) is 1. The fourth-order valence-corrected chi connectivity index (χ4v) is 1.34. The largest absolute Gasteiger partial charge is 0.481 e. The summed E-state index contributed by atoms with van der Waals surface area (Å²) in [5, 5.41) is 12.3. The summed E-state index contributed by atoms with van der Waals surface area (Å²) < 4.78 is 0. The minimum Gasteiger partial charge on any atom is -0.481 e. The molecule has 0 saturated heterocycles. The van der Waals surface area contributed by atoms with E-state index in [1.54, 1.807) is 6.20 Å². The van der Waals surface area contributed by atoms with Gasteiger partial charge < -0.3 is 10.4 Å². The van der Waals surface area contributed by atoms with Crippen molar-refractivity contribution in [2.45, 2.75) is 6.42 Å². The third-order valence-corrected chi connectivity index (χ3v) is 2.11. The van der Waals surface area contributed by atoms with Crippen molar-refractivity contribution in [2.24, 2.45) is 0 Å².